The predicted octanol–water partition coefficient (Wildman–Crippen LogP) is 4.28. The minimum atomic E-state index is -0.525. The molecule has 2 aromatic heterocycles. The van der Waals surface area contributed by atoms with Gasteiger partial charge in [0.1, 0.15) is 23.9 Å². The number of nitro benzene ring substituents is 1. The van der Waals surface area contributed by atoms with E-state index in [1.165, 1.54) is 45.7 Å². The molecule has 0 saturated heterocycles. The van der Waals surface area contributed by atoms with Crippen molar-refractivity contribution < 1.29 is 9.72 Å². The Hall–Kier alpha value is -4.77. The van der Waals surface area contributed by atoms with Gasteiger partial charge >= 0.3 is 0 Å². The molecular formula is C25H18N6O4S. The third kappa shape index (κ3) is 4.59. The molecule has 0 saturated carbocycles. The van der Waals surface area contributed by atoms with E-state index in [9.17, 15) is 19.7 Å². The van der Waals surface area contributed by atoms with Gasteiger partial charge in [0.25, 0.3) is 11.2 Å². The van der Waals surface area contributed by atoms with Crippen molar-refractivity contribution in [3.05, 3.63) is 112 Å². The molecule has 0 unspecified atom stereocenters. The first-order valence-corrected chi connectivity index (χ1v) is 11.6. The second-order valence-electron chi connectivity index (χ2n) is 7.68. The van der Waals surface area contributed by atoms with E-state index in [0.29, 0.717) is 5.69 Å². The fourth-order valence-electron chi connectivity index (χ4n) is 3.65. The molecule has 0 bridgehead atoms. The van der Waals surface area contributed by atoms with Crippen LogP contribution >= 0.6 is 11.8 Å². The highest BCUT2D eigenvalue weighted by molar-refractivity contribution is 7.99. The Bertz CT molecular complexity index is 1650. The van der Waals surface area contributed by atoms with E-state index in [0.717, 1.165) is 9.79 Å². The minimum absolute atomic E-state index is 0.142. The topological polar surface area (TPSA) is 125 Å². The molecule has 5 aromatic rings. The average molecular weight is 499 g/mol. The maximum absolute atomic E-state index is 13.0. The number of para-hydroxylation sites is 3. The van der Waals surface area contributed by atoms with Gasteiger partial charge in [0.2, 0.25) is 5.91 Å². The summed E-state index contributed by atoms with van der Waals surface area (Å²) in [5.41, 5.74) is 0.331. The second kappa shape index (κ2) is 9.84. The maximum atomic E-state index is 13.0. The van der Waals surface area contributed by atoms with Crippen molar-refractivity contribution in [2.45, 2.75) is 16.3 Å². The molecule has 0 radical (unpaired) electrons. The van der Waals surface area contributed by atoms with Gasteiger partial charge in [-0.2, -0.15) is 5.10 Å². The number of nitro groups is 1. The monoisotopic (exact) mass is 498 g/mol. The van der Waals surface area contributed by atoms with E-state index in [2.05, 4.69) is 15.4 Å². The molecule has 0 fully saturated rings. The number of nitrogens with zero attached hydrogens (tertiary/aromatic N) is 5. The number of hydrogen-bond donors (Lipinski definition) is 1. The van der Waals surface area contributed by atoms with E-state index in [1.807, 2.05) is 48.5 Å². The lowest BCUT2D eigenvalue weighted by atomic mass is 10.2. The number of hydrogen-bond acceptors (Lipinski definition) is 7. The largest absolute Gasteiger partial charge is 0.323 e. The molecule has 0 spiro atoms. The molecule has 36 heavy (non-hydrogen) atoms. The number of carbonyl (C=O) groups is 1. The van der Waals surface area contributed by atoms with Crippen LogP contribution in [-0.2, 0) is 11.3 Å². The van der Waals surface area contributed by atoms with Crippen molar-refractivity contribution in [1.82, 2.24) is 19.3 Å². The summed E-state index contributed by atoms with van der Waals surface area (Å²) in [5.74, 6) is -0.398. The number of carbonyl (C=O) groups excluding carboxylic acids is 1. The van der Waals surface area contributed by atoms with E-state index in [4.69, 9.17) is 0 Å². The van der Waals surface area contributed by atoms with Gasteiger partial charge in [-0.05, 0) is 30.3 Å². The fraction of sp³-hybridized carbons (Fsp3) is 0.0400. The molecule has 1 N–H and O–H groups in total. The SMILES string of the molecule is O=C(Cn1cnc2c(cnn2-c2ccccc2[N+](=O)[O-])c1=O)Nc1ccccc1Sc1ccccc1. The van der Waals surface area contributed by atoms with Crippen molar-refractivity contribution in [3.63, 3.8) is 0 Å². The number of anilines is 1. The van der Waals surface area contributed by atoms with Crippen molar-refractivity contribution >= 4 is 40.1 Å². The van der Waals surface area contributed by atoms with Crippen LogP contribution in [0, 0.1) is 10.1 Å². The summed E-state index contributed by atoms with van der Waals surface area (Å²) in [7, 11) is 0. The lowest BCUT2D eigenvalue weighted by molar-refractivity contribution is -0.384. The highest BCUT2D eigenvalue weighted by Crippen LogP contribution is 2.33. The van der Waals surface area contributed by atoms with E-state index >= 15 is 0 Å². The Morgan fingerprint density at radius 3 is 2.53 bits per heavy atom. The van der Waals surface area contributed by atoms with Gasteiger partial charge in [-0.1, -0.05) is 54.2 Å². The lowest BCUT2D eigenvalue weighted by Crippen LogP contribution is -2.28. The molecule has 5 rings (SSSR count). The van der Waals surface area contributed by atoms with Crippen LogP contribution in [0.4, 0.5) is 11.4 Å². The molecule has 10 nitrogen and oxygen atoms in total. The molecule has 0 atom stereocenters. The number of fused-ring (bicyclic) bond motifs is 1. The summed E-state index contributed by atoms with van der Waals surface area (Å²) in [6.07, 6.45) is 2.53. The van der Waals surface area contributed by atoms with Crippen molar-refractivity contribution in [2.24, 2.45) is 0 Å². The Kier molecular flexibility index (Phi) is 6.29. The van der Waals surface area contributed by atoms with Gasteiger partial charge in [-0.3, -0.25) is 24.3 Å². The van der Waals surface area contributed by atoms with E-state index in [-0.39, 0.29) is 29.0 Å². The van der Waals surface area contributed by atoms with Crippen LogP contribution in [-0.4, -0.2) is 30.2 Å². The summed E-state index contributed by atoms with van der Waals surface area (Å²) in [6.45, 7) is -0.261. The summed E-state index contributed by atoms with van der Waals surface area (Å²) >= 11 is 1.52. The maximum Gasteiger partial charge on any atom is 0.294 e. The van der Waals surface area contributed by atoms with Crippen molar-refractivity contribution in [1.29, 1.82) is 0 Å². The smallest absolute Gasteiger partial charge is 0.294 e. The molecular weight excluding hydrogens is 480 g/mol. The molecule has 2 heterocycles. The zero-order chi connectivity index (χ0) is 25.1. The van der Waals surface area contributed by atoms with Gasteiger partial charge in [0.15, 0.2) is 5.65 Å². The number of rotatable bonds is 7. The van der Waals surface area contributed by atoms with Gasteiger partial charge in [-0.15, -0.1) is 0 Å². The molecule has 0 aliphatic carbocycles. The third-order valence-electron chi connectivity index (χ3n) is 5.31. The molecule has 3 aromatic carbocycles. The van der Waals surface area contributed by atoms with Crippen LogP contribution in [0.2, 0.25) is 0 Å². The van der Waals surface area contributed by atoms with Crippen molar-refractivity contribution in [2.75, 3.05) is 5.32 Å². The van der Waals surface area contributed by atoms with Crippen LogP contribution in [0.5, 0.6) is 0 Å². The van der Waals surface area contributed by atoms with E-state index < -0.39 is 16.4 Å². The van der Waals surface area contributed by atoms with Crippen LogP contribution in [0.3, 0.4) is 0 Å². The Labute approximate surface area is 208 Å². The lowest BCUT2D eigenvalue weighted by Gasteiger charge is -2.11. The van der Waals surface area contributed by atoms with Crippen LogP contribution < -0.4 is 10.9 Å². The number of amides is 1. The van der Waals surface area contributed by atoms with Gasteiger partial charge in [0, 0.05) is 15.9 Å². The number of nitrogens with one attached hydrogen (secondary N) is 1. The molecule has 11 heteroatoms. The third-order valence-corrected chi connectivity index (χ3v) is 6.39. The normalized spacial score (nSPS) is 10.9. The zero-order valence-corrected chi connectivity index (χ0v) is 19.5. The van der Waals surface area contributed by atoms with Gasteiger partial charge < -0.3 is 5.32 Å². The quantitative estimate of drug-likeness (QED) is 0.262. The Balaban J connectivity index is 1.39. The predicted molar refractivity (Wildman–Crippen MR) is 135 cm³/mol. The first-order valence-electron chi connectivity index (χ1n) is 10.8. The molecule has 178 valence electrons. The summed E-state index contributed by atoms with van der Waals surface area (Å²) < 4.78 is 2.42. The summed E-state index contributed by atoms with van der Waals surface area (Å²) in [5, 5.41) is 18.6. The zero-order valence-electron chi connectivity index (χ0n) is 18.6. The number of aromatic nitrogens is 4. The highest BCUT2D eigenvalue weighted by atomic mass is 32.2. The standard InChI is InChI=1S/C25H18N6O4S/c32-23(28-19-10-4-7-13-22(19)36-17-8-2-1-3-9-17)15-29-16-26-24-18(25(29)33)14-27-30(24)20-11-5-6-12-21(20)31(34)35/h1-14,16H,15H2,(H,28,32). The minimum Gasteiger partial charge on any atom is -0.323 e. The van der Waals surface area contributed by atoms with Gasteiger partial charge in [-0.25, -0.2) is 9.67 Å². The first kappa shape index (κ1) is 23.0. The van der Waals surface area contributed by atoms with Crippen LogP contribution in [0.25, 0.3) is 16.7 Å². The van der Waals surface area contributed by atoms with Crippen LogP contribution in [0.1, 0.15) is 0 Å². The van der Waals surface area contributed by atoms with E-state index in [1.54, 1.807) is 18.2 Å². The Morgan fingerprint density at radius 2 is 1.72 bits per heavy atom. The fourth-order valence-corrected chi connectivity index (χ4v) is 4.58. The first-order chi connectivity index (χ1) is 17.5. The number of benzene rings is 3. The van der Waals surface area contributed by atoms with Gasteiger partial charge in [0.05, 0.1) is 16.8 Å². The highest BCUT2D eigenvalue weighted by Gasteiger charge is 2.19. The average Bonchev–Trinajstić information content (AvgIpc) is 3.32. The second-order valence-corrected chi connectivity index (χ2v) is 8.79. The van der Waals surface area contributed by atoms with Crippen molar-refractivity contribution in [3.8, 4) is 5.69 Å². The molecule has 0 aliphatic heterocycles. The molecule has 1 amide bonds. The molecule has 0 aliphatic rings. The van der Waals surface area contributed by atoms with Crippen LogP contribution in [0.15, 0.2) is 106 Å². The Morgan fingerprint density at radius 1 is 1.00 bits per heavy atom. The summed E-state index contributed by atoms with van der Waals surface area (Å²) in [4.78, 5) is 42.9. The summed E-state index contributed by atoms with van der Waals surface area (Å²) in [6, 6.07) is 23.2.